The Morgan fingerprint density at radius 2 is 1.89 bits per heavy atom. The summed E-state index contributed by atoms with van der Waals surface area (Å²) in [6.07, 6.45) is 3.02. The minimum absolute atomic E-state index is 0.0346. The van der Waals surface area contributed by atoms with Crippen molar-refractivity contribution in [3.05, 3.63) is 24.3 Å². The lowest BCUT2D eigenvalue weighted by Gasteiger charge is -2.24. The standard InChI is InChI=1S/C13H17NO3S/c1-2-18(16,17)12-8-6-11(7-9-12)14-13(15)10-4-3-5-10/h6-10H,2-5H2,1H3,(H,14,15). The van der Waals surface area contributed by atoms with Crippen LogP contribution in [0.4, 0.5) is 5.69 Å². The Morgan fingerprint density at radius 1 is 1.28 bits per heavy atom. The van der Waals surface area contributed by atoms with Crippen molar-refractivity contribution in [2.75, 3.05) is 11.1 Å². The van der Waals surface area contributed by atoms with Crippen LogP contribution >= 0.6 is 0 Å². The molecular formula is C13H17NO3S. The van der Waals surface area contributed by atoms with Gasteiger partial charge in [-0.15, -0.1) is 0 Å². The van der Waals surface area contributed by atoms with Crippen LogP contribution in [-0.4, -0.2) is 20.1 Å². The fraction of sp³-hybridized carbons (Fsp3) is 0.462. The molecule has 98 valence electrons. The maximum Gasteiger partial charge on any atom is 0.227 e. The van der Waals surface area contributed by atoms with Crippen molar-refractivity contribution >= 4 is 21.4 Å². The van der Waals surface area contributed by atoms with Crippen molar-refractivity contribution in [1.29, 1.82) is 0 Å². The minimum Gasteiger partial charge on any atom is -0.326 e. The van der Waals surface area contributed by atoms with Crippen LogP contribution in [0.25, 0.3) is 0 Å². The highest BCUT2D eigenvalue weighted by atomic mass is 32.2. The zero-order valence-electron chi connectivity index (χ0n) is 10.3. The van der Waals surface area contributed by atoms with Crippen molar-refractivity contribution in [3.8, 4) is 0 Å². The van der Waals surface area contributed by atoms with E-state index in [1.807, 2.05) is 0 Å². The Hall–Kier alpha value is -1.36. The van der Waals surface area contributed by atoms with Gasteiger partial charge in [0, 0.05) is 11.6 Å². The van der Waals surface area contributed by atoms with E-state index in [1.54, 1.807) is 19.1 Å². The number of hydrogen-bond donors (Lipinski definition) is 1. The molecule has 0 aliphatic heterocycles. The van der Waals surface area contributed by atoms with Gasteiger partial charge in [0.15, 0.2) is 9.84 Å². The van der Waals surface area contributed by atoms with Crippen molar-refractivity contribution in [2.45, 2.75) is 31.1 Å². The zero-order valence-corrected chi connectivity index (χ0v) is 11.2. The third kappa shape index (κ3) is 2.72. The van der Waals surface area contributed by atoms with Gasteiger partial charge in [0.2, 0.25) is 5.91 Å². The molecule has 1 fully saturated rings. The lowest BCUT2D eigenvalue weighted by atomic mass is 9.85. The van der Waals surface area contributed by atoms with E-state index in [-0.39, 0.29) is 17.6 Å². The Labute approximate surface area is 107 Å². The minimum atomic E-state index is -3.17. The van der Waals surface area contributed by atoms with Crippen LogP contribution in [-0.2, 0) is 14.6 Å². The molecule has 0 aromatic heterocycles. The van der Waals surface area contributed by atoms with E-state index in [2.05, 4.69) is 5.32 Å². The molecule has 0 spiro atoms. The summed E-state index contributed by atoms with van der Waals surface area (Å²) in [6, 6.07) is 6.35. The number of carbonyl (C=O) groups excluding carboxylic acids is 1. The molecule has 4 nitrogen and oxygen atoms in total. The summed E-state index contributed by atoms with van der Waals surface area (Å²) in [5.41, 5.74) is 0.655. The SMILES string of the molecule is CCS(=O)(=O)c1ccc(NC(=O)C2CCC2)cc1. The molecule has 0 unspecified atom stereocenters. The summed E-state index contributed by atoms with van der Waals surface area (Å²) in [5, 5.41) is 2.81. The van der Waals surface area contributed by atoms with E-state index in [0.717, 1.165) is 19.3 Å². The molecule has 1 amide bonds. The second kappa shape index (κ2) is 5.10. The summed E-state index contributed by atoms with van der Waals surface area (Å²) < 4.78 is 23.2. The van der Waals surface area contributed by atoms with Crippen LogP contribution in [0, 0.1) is 5.92 Å². The van der Waals surface area contributed by atoms with E-state index in [9.17, 15) is 13.2 Å². The highest BCUT2D eigenvalue weighted by molar-refractivity contribution is 7.91. The second-order valence-electron chi connectivity index (χ2n) is 4.54. The molecule has 1 aromatic carbocycles. The van der Waals surface area contributed by atoms with Gasteiger partial charge in [-0.3, -0.25) is 4.79 Å². The summed E-state index contributed by atoms with van der Waals surface area (Å²) >= 11 is 0. The molecule has 2 rings (SSSR count). The predicted octanol–water partition coefficient (Wildman–Crippen LogP) is 2.22. The first-order valence-corrected chi connectivity index (χ1v) is 7.82. The predicted molar refractivity (Wildman–Crippen MR) is 70.1 cm³/mol. The van der Waals surface area contributed by atoms with Gasteiger partial charge in [-0.25, -0.2) is 8.42 Å². The lowest BCUT2D eigenvalue weighted by molar-refractivity contribution is -0.122. The molecule has 1 aliphatic rings. The van der Waals surface area contributed by atoms with Gasteiger partial charge in [-0.2, -0.15) is 0 Å². The zero-order chi connectivity index (χ0) is 13.2. The first-order valence-electron chi connectivity index (χ1n) is 6.16. The topological polar surface area (TPSA) is 63.2 Å². The number of sulfone groups is 1. The van der Waals surface area contributed by atoms with E-state index in [0.29, 0.717) is 10.6 Å². The van der Waals surface area contributed by atoms with Crippen LogP contribution in [0.1, 0.15) is 26.2 Å². The van der Waals surface area contributed by atoms with Crippen molar-refractivity contribution in [2.24, 2.45) is 5.92 Å². The quantitative estimate of drug-likeness (QED) is 0.909. The van der Waals surface area contributed by atoms with Gasteiger partial charge in [-0.05, 0) is 37.1 Å². The van der Waals surface area contributed by atoms with E-state index < -0.39 is 9.84 Å². The normalized spacial score (nSPS) is 16.1. The fourth-order valence-electron chi connectivity index (χ4n) is 1.83. The molecule has 0 heterocycles. The van der Waals surface area contributed by atoms with E-state index >= 15 is 0 Å². The summed E-state index contributed by atoms with van der Waals surface area (Å²) in [7, 11) is -3.17. The Kier molecular flexibility index (Phi) is 3.71. The summed E-state index contributed by atoms with van der Waals surface area (Å²) in [6.45, 7) is 1.61. The molecule has 1 saturated carbocycles. The van der Waals surface area contributed by atoms with Crippen LogP contribution in [0.2, 0.25) is 0 Å². The van der Waals surface area contributed by atoms with Gasteiger partial charge in [0.1, 0.15) is 0 Å². The second-order valence-corrected chi connectivity index (χ2v) is 6.82. The molecule has 1 aromatic rings. The van der Waals surface area contributed by atoms with Gasteiger partial charge < -0.3 is 5.32 Å². The lowest BCUT2D eigenvalue weighted by Crippen LogP contribution is -2.28. The molecular weight excluding hydrogens is 250 g/mol. The van der Waals surface area contributed by atoms with Crippen LogP contribution in [0.5, 0.6) is 0 Å². The molecule has 0 saturated heterocycles. The van der Waals surface area contributed by atoms with Crippen LogP contribution in [0.3, 0.4) is 0 Å². The Balaban J connectivity index is 2.06. The number of anilines is 1. The number of carbonyl (C=O) groups is 1. The number of hydrogen-bond acceptors (Lipinski definition) is 3. The average Bonchev–Trinajstić information content (AvgIpc) is 2.27. The molecule has 18 heavy (non-hydrogen) atoms. The van der Waals surface area contributed by atoms with Gasteiger partial charge in [0.05, 0.1) is 10.6 Å². The maximum atomic E-state index is 11.7. The number of amides is 1. The van der Waals surface area contributed by atoms with E-state index in [1.165, 1.54) is 12.1 Å². The van der Waals surface area contributed by atoms with Crippen LogP contribution < -0.4 is 5.32 Å². The van der Waals surface area contributed by atoms with Crippen LogP contribution in [0.15, 0.2) is 29.2 Å². The first-order chi connectivity index (χ1) is 8.53. The number of rotatable bonds is 4. The van der Waals surface area contributed by atoms with Crippen molar-refractivity contribution in [1.82, 2.24) is 0 Å². The average molecular weight is 267 g/mol. The Bertz CT molecular complexity index is 530. The fourth-order valence-corrected chi connectivity index (χ4v) is 2.71. The molecule has 0 bridgehead atoms. The Morgan fingerprint density at radius 3 is 2.33 bits per heavy atom. The van der Waals surface area contributed by atoms with Gasteiger partial charge in [0.25, 0.3) is 0 Å². The highest BCUT2D eigenvalue weighted by Gasteiger charge is 2.25. The molecule has 0 radical (unpaired) electrons. The van der Waals surface area contributed by atoms with Gasteiger partial charge in [-0.1, -0.05) is 13.3 Å². The number of nitrogens with one attached hydrogen (secondary N) is 1. The molecule has 1 N–H and O–H groups in total. The maximum absolute atomic E-state index is 11.7. The largest absolute Gasteiger partial charge is 0.326 e. The first kappa shape index (κ1) is 13.1. The number of benzene rings is 1. The van der Waals surface area contributed by atoms with Gasteiger partial charge >= 0.3 is 0 Å². The van der Waals surface area contributed by atoms with E-state index in [4.69, 9.17) is 0 Å². The molecule has 5 heteroatoms. The highest BCUT2D eigenvalue weighted by Crippen LogP contribution is 2.27. The molecule has 0 atom stereocenters. The smallest absolute Gasteiger partial charge is 0.227 e. The molecule has 1 aliphatic carbocycles. The third-order valence-electron chi connectivity index (χ3n) is 3.34. The summed E-state index contributed by atoms with van der Waals surface area (Å²) in [5.74, 6) is 0.247. The summed E-state index contributed by atoms with van der Waals surface area (Å²) in [4.78, 5) is 12.0. The third-order valence-corrected chi connectivity index (χ3v) is 5.09. The van der Waals surface area contributed by atoms with Crippen molar-refractivity contribution < 1.29 is 13.2 Å². The monoisotopic (exact) mass is 267 g/mol. The van der Waals surface area contributed by atoms with Crippen molar-refractivity contribution in [3.63, 3.8) is 0 Å².